The first-order valence-electron chi connectivity index (χ1n) is 9.43. The summed E-state index contributed by atoms with van der Waals surface area (Å²) in [7, 11) is 0. The number of aromatic nitrogens is 2. The van der Waals surface area contributed by atoms with Gasteiger partial charge in [-0.1, -0.05) is 65.8 Å². The number of aryl methyl sites for hydroxylation is 2. The smallest absolute Gasteiger partial charge is 0.265 e. The van der Waals surface area contributed by atoms with Crippen LogP contribution in [-0.4, -0.2) is 22.6 Å². The number of thiazole rings is 1. The van der Waals surface area contributed by atoms with Gasteiger partial charge in [0.25, 0.3) is 5.91 Å². The van der Waals surface area contributed by atoms with Crippen molar-refractivity contribution in [1.82, 2.24) is 10.1 Å². The lowest BCUT2D eigenvalue weighted by molar-refractivity contribution is 0.0985. The van der Waals surface area contributed by atoms with Crippen LogP contribution < -0.4 is 4.90 Å². The predicted molar refractivity (Wildman–Crippen MR) is 115 cm³/mol. The second kappa shape index (κ2) is 8.41. The van der Waals surface area contributed by atoms with E-state index in [1.54, 1.807) is 18.7 Å². The van der Waals surface area contributed by atoms with Crippen molar-refractivity contribution in [2.45, 2.75) is 20.3 Å². The van der Waals surface area contributed by atoms with Crippen LogP contribution in [0.3, 0.4) is 0 Å². The fraction of sp³-hybridized carbons (Fsp3) is 0.174. The van der Waals surface area contributed by atoms with E-state index in [0.29, 0.717) is 28.7 Å². The minimum atomic E-state index is -0.133. The lowest BCUT2D eigenvalue weighted by Crippen LogP contribution is -2.33. The van der Waals surface area contributed by atoms with Gasteiger partial charge < -0.3 is 4.52 Å². The molecule has 0 spiro atoms. The fourth-order valence-electron chi connectivity index (χ4n) is 3.22. The van der Waals surface area contributed by atoms with Crippen LogP contribution in [0.2, 0.25) is 0 Å². The monoisotopic (exact) mass is 403 g/mol. The van der Waals surface area contributed by atoms with Crippen molar-refractivity contribution in [2.24, 2.45) is 0 Å². The van der Waals surface area contributed by atoms with E-state index >= 15 is 0 Å². The maximum atomic E-state index is 13.4. The third kappa shape index (κ3) is 4.12. The van der Waals surface area contributed by atoms with Gasteiger partial charge in [-0.05, 0) is 25.8 Å². The Morgan fingerprint density at radius 3 is 2.38 bits per heavy atom. The number of carbonyl (C=O) groups is 1. The van der Waals surface area contributed by atoms with Crippen LogP contribution in [0.15, 0.2) is 70.6 Å². The molecule has 2 aromatic carbocycles. The van der Waals surface area contributed by atoms with Crippen LogP contribution in [0.25, 0.3) is 11.3 Å². The molecule has 0 saturated carbocycles. The van der Waals surface area contributed by atoms with Crippen molar-refractivity contribution in [3.05, 3.63) is 88.6 Å². The average molecular weight is 404 g/mol. The predicted octanol–water partition coefficient (Wildman–Crippen LogP) is 5.30. The average Bonchev–Trinajstić information content (AvgIpc) is 3.36. The molecule has 0 bridgehead atoms. The highest BCUT2D eigenvalue weighted by Gasteiger charge is 2.26. The third-order valence-corrected chi connectivity index (χ3v) is 5.62. The normalized spacial score (nSPS) is 10.8. The Bertz CT molecular complexity index is 1080. The van der Waals surface area contributed by atoms with Crippen LogP contribution in [0.5, 0.6) is 0 Å². The van der Waals surface area contributed by atoms with Crippen molar-refractivity contribution < 1.29 is 9.32 Å². The van der Waals surface area contributed by atoms with Gasteiger partial charge in [-0.15, -0.1) is 11.3 Å². The van der Waals surface area contributed by atoms with E-state index in [1.807, 2.05) is 53.9 Å². The summed E-state index contributed by atoms with van der Waals surface area (Å²) in [5.41, 5.74) is 4.17. The highest BCUT2D eigenvalue weighted by atomic mass is 32.1. The molecule has 4 rings (SSSR count). The first-order chi connectivity index (χ1) is 14.1. The lowest BCUT2D eigenvalue weighted by atomic mass is 10.1. The minimum Gasteiger partial charge on any atom is -0.361 e. The molecule has 29 heavy (non-hydrogen) atoms. The summed E-state index contributed by atoms with van der Waals surface area (Å²) >= 11 is 1.47. The van der Waals surface area contributed by atoms with Crippen LogP contribution in [0.1, 0.15) is 27.4 Å². The molecule has 0 N–H and O–H groups in total. The zero-order chi connectivity index (χ0) is 20.2. The molecule has 0 atom stereocenters. The molecule has 4 aromatic rings. The third-order valence-electron chi connectivity index (χ3n) is 4.75. The zero-order valence-electron chi connectivity index (χ0n) is 16.3. The van der Waals surface area contributed by atoms with Gasteiger partial charge in [-0.3, -0.25) is 9.69 Å². The van der Waals surface area contributed by atoms with Crippen LogP contribution >= 0.6 is 11.3 Å². The fourth-order valence-corrected chi connectivity index (χ4v) is 4.08. The molecule has 6 heteroatoms. The number of amides is 1. The molecule has 1 amide bonds. The van der Waals surface area contributed by atoms with Gasteiger partial charge in [0.05, 0.1) is 11.4 Å². The molecule has 5 nitrogen and oxygen atoms in total. The van der Waals surface area contributed by atoms with E-state index in [-0.39, 0.29) is 5.91 Å². The standard InChI is InChI=1S/C23H21N3O2S/c1-16-21(17(2)28-25-16)22(27)26(14-13-18-9-5-3-6-10-18)23-24-20(15-29-23)19-11-7-4-8-12-19/h3-12,15H,13-14H2,1-2H3. The maximum absolute atomic E-state index is 13.4. The molecule has 0 unspecified atom stereocenters. The quantitative estimate of drug-likeness (QED) is 0.438. The van der Waals surface area contributed by atoms with E-state index < -0.39 is 0 Å². The molecule has 2 aromatic heterocycles. The number of hydrogen-bond donors (Lipinski definition) is 0. The molecule has 0 radical (unpaired) electrons. The second-order valence-electron chi connectivity index (χ2n) is 6.77. The van der Waals surface area contributed by atoms with Gasteiger partial charge in [0.15, 0.2) is 5.13 Å². The molecule has 0 fully saturated rings. The topological polar surface area (TPSA) is 59.2 Å². The minimum absolute atomic E-state index is 0.133. The molecule has 146 valence electrons. The van der Waals surface area contributed by atoms with E-state index in [4.69, 9.17) is 9.51 Å². The molecular weight excluding hydrogens is 382 g/mol. The van der Waals surface area contributed by atoms with Gasteiger partial charge in [0.1, 0.15) is 11.3 Å². The van der Waals surface area contributed by atoms with Crippen molar-refractivity contribution in [2.75, 3.05) is 11.4 Å². The van der Waals surface area contributed by atoms with Crippen molar-refractivity contribution in [3.63, 3.8) is 0 Å². The van der Waals surface area contributed by atoms with Crippen molar-refractivity contribution in [3.8, 4) is 11.3 Å². The number of hydrogen-bond acceptors (Lipinski definition) is 5. The molecule has 0 saturated heterocycles. The summed E-state index contributed by atoms with van der Waals surface area (Å²) < 4.78 is 5.23. The number of benzene rings is 2. The summed E-state index contributed by atoms with van der Waals surface area (Å²) in [6.45, 7) is 4.07. The molecule has 2 heterocycles. The summed E-state index contributed by atoms with van der Waals surface area (Å²) in [6, 6.07) is 20.1. The molecule has 0 aliphatic rings. The molecule has 0 aliphatic carbocycles. The number of nitrogens with zero attached hydrogens (tertiary/aromatic N) is 3. The summed E-state index contributed by atoms with van der Waals surface area (Å²) in [5.74, 6) is 0.392. The van der Waals surface area contributed by atoms with Gasteiger partial charge in [-0.25, -0.2) is 4.98 Å². The van der Waals surface area contributed by atoms with Crippen LogP contribution in [0.4, 0.5) is 5.13 Å². The SMILES string of the molecule is Cc1noc(C)c1C(=O)N(CCc1ccccc1)c1nc(-c2ccccc2)cs1. The molecule has 0 aliphatic heterocycles. The van der Waals surface area contributed by atoms with Gasteiger partial charge in [0.2, 0.25) is 0 Å². The van der Waals surface area contributed by atoms with E-state index in [1.165, 1.54) is 16.9 Å². The van der Waals surface area contributed by atoms with Gasteiger partial charge in [-0.2, -0.15) is 0 Å². The zero-order valence-corrected chi connectivity index (χ0v) is 17.1. The highest BCUT2D eigenvalue weighted by Crippen LogP contribution is 2.29. The largest absolute Gasteiger partial charge is 0.361 e. The van der Waals surface area contributed by atoms with E-state index in [9.17, 15) is 4.79 Å². The van der Waals surface area contributed by atoms with Crippen LogP contribution in [-0.2, 0) is 6.42 Å². The second-order valence-corrected chi connectivity index (χ2v) is 7.61. The first kappa shape index (κ1) is 19.1. The Hall–Kier alpha value is -3.25. The number of rotatable bonds is 6. The first-order valence-corrected chi connectivity index (χ1v) is 10.3. The van der Waals surface area contributed by atoms with Gasteiger partial charge >= 0.3 is 0 Å². The summed E-state index contributed by atoms with van der Waals surface area (Å²) in [4.78, 5) is 19.9. The lowest BCUT2D eigenvalue weighted by Gasteiger charge is -2.20. The Morgan fingerprint density at radius 1 is 1.03 bits per heavy atom. The number of anilines is 1. The molecular formula is C23H21N3O2S. The Balaban J connectivity index is 1.66. The van der Waals surface area contributed by atoms with Crippen LogP contribution in [0, 0.1) is 13.8 Å². The maximum Gasteiger partial charge on any atom is 0.265 e. The highest BCUT2D eigenvalue weighted by molar-refractivity contribution is 7.14. The number of carbonyl (C=O) groups excluding carboxylic acids is 1. The van der Waals surface area contributed by atoms with E-state index in [0.717, 1.165) is 17.7 Å². The Kier molecular flexibility index (Phi) is 5.53. The van der Waals surface area contributed by atoms with Crippen molar-refractivity contribution in [1.29, 1.82) is 0 Å². The Labute approximate surface area is 173 Å². The van der Waals surface area contributed by atoms with E-state index in [2.05, 4.69) is 17.3 Å². The summed E-state index contributed by atoms with van der Waals surface area (Å²) in [6.07, 6.45) is 0.732. The van der Waals surface area contributed by atoms with Crippen molar-refractivity contribution >= 4 is 22.4 Å². The summed E-state index contributed by atoms with van der Waals surface area (Å²) in [5, 5.41) is 6.60. The Morgan fingerprint density at radius 2 is 1.72 bits per heavy atom. The van der Waals surface area contributed by atoms with Gasteiger partial charge in [0, 0.05) is 17.5 Å².